The molecule has 0 saturated carbocycles. The number of para-hydroxylation sites is 1. The SMILES string of the molecule is CC[C@H](C)c1ccccc1OC(=O)[C@H]1CC(=O)N(c2cccc3ccccc23)C1. The van der Waals surface area contributed by atoms with Gasteiger partial charge in [-0.05, 0) is 35.4 Å². The molecule has 0 N–H and O–H groups in total. The Morgan fingerprint density at radius 2 is 1.79 bits per heavy atom. The number of ether oxygens (including phenoxy) is 1. The summed E-state index contributed by atoms with van der Waals surface area (Å²) in [6, 6.07) is 21.5. The van der Waals surface area contributed by atoms with Gasteiger partial charge in [0, 0.05) is 18.4 Å². The number of esters is 1. The molecule has 29 heavy (non-hydrogen) atoms. The lowest BCUT2D eigenvalue weighted by Crippen LogP contribution is -2.27. The van der Waals surface area contributed by atoms with Gasteiger partial charge in [-0.3, -0.25) is 9.59 Å². The highest BCUT2D eigenvalue weighted by Gasteiger charge is 2.37. The zero-order valence-electron chi connectivity index (χ0n) is 16.8. The maximum atomic E-state index is 12.9. The monoisotopic (exact) mass is 387 g/mol. The fourth-order valence-corrected chi connectivity index (χ4v) is 3.93. The van der Waals surface area contributed by atoms with Crippen LogP contribution in [-0.4, -0.2) is 18.4 Å². The van der Waals surface area contributed by atoms with Crippen LogP contribution in [0.15, 0.2) is 66.7 Å². The van der Waals surface area contributed by atoms with E-state index in [9.17, 15) is 9.59 Å². The molecular formula is C25H25NO3. The van der Waals surface area contributed by atoms with E-state index in [1.165, 1.54) is 0 Å². The first-order chi connectivity index (χ1) is 14.1. The molecule has 0 spiro atoms. The Balaban J connectivity index is 1.55. The number of rotatable bonds is 5. The van der Waals surface area contributed by atoms with Gasteiger partial charge in [0.05, 0.1) is 11.6 Å². The Hall–Kier alpha value is -3.14. The Kier molecular flexibility index (Phi) is 5.34. The first-order valence-electron chi connectivity index (χ1n) is 10.2. The number of amides is 1. The minimum absolute atomic E-state index is 0.0430. The second kappa shape index (κ2) is 8.08. The number of anilines is 1. The van der Waals surface area contributed by atoms with E-state index in [0.717, 1.165) is 28.4 Å². The number of hydrogen-bond donors (Lipinski definition) is 0. The van der Waals surface area contributed by atoms with Crippen molar-refractivity contribution < 1.29 is 14.3 Å². The molecule has 1 saturated heterocycles. The standard InChI is InChI=1S/C25H25NO3/c1-3-17(2)20-11-6-7-14-23(20)29-25(28)19-15-24(27)26(16-19)22-13-8-10-18-9-4-5-12-21(18)22/h4-14,17,19H,3,15-16H2,1-2H3/t17-,19-/m0/s1. The summed E-state index contributed by atoms with van der Waals surface area (Å²) >= 11 is 0. The Morgan fingerprint density at radius 1 is 1.07 bits per heavy atom. The van der Waals surface area contributed by atoms with Crippen molar-refractivity contribution >= 4 is 28.3 Å². The molecular weight excluding hydrogens is 362 g/mol. The molecule has 1 aliphatic heterocycles. The number of carbonyl (C=O) groups excluding carboxylic acids is 2. The minimum atomic E-state index is -0.466. The van der Waals surface area contributed by atoms with Crippen LogP contribution in [0.4, 0.5) is 5.69 Å². The summed E-state index contributed by atoms with van der Waals surface area (Å²) in [4.78, 5) is 27.3. The van der Waals surface area contributed by atoms with E-state index in [0.29, 0.717) is 18.2 Å². The van der Waals surface area contributed by atoms with Crippen molar-refractivity contribution in [2.45, 2.75) is 32.6 Å². The largest absolute Gasteiger partial charge is 0.426 e. The highest BCUT2D eigenvalue weighted by molar-refractivity contribution is 6.06. The van der Waals surface area contributed by atoms with Gasteiger partial charge in [0.25, 0.3) is 0 Å². The highest BCUT2D eigenvalue weighted by Crippen LogP contribution is 2.33. The van der Waals surface area contributed by atoms with Crippen LogP contribution >= 0.6 is 0 Å². The second-order valence-electron chi connectivity index (χ2n) is 7.67. The first-order valence-corrected chi connectivity index (χ1v) is 10.2. The van der Waals surface area contributed by atoms with Crippen molar-refractivity contribution in [2.75, 3.05) is 11.4 Å². The third kappa shape index (κ3) is 3.75. The van der Waals surface area contributed by atoms with E-state index in [4.69, 9.17) is 4.74 Å². The van der Waals surface area contributed by atoms with E-state index in [-0.39, 0.29) is 18.3 Å². The van der Waals surface area contributed by atoms with Crippen LogP contribution in [0.3, 0.4) is 0 Å². The van der Waals surface area contributed by atoms with E-state index < -0.39 is 5.92 Å². The highest BCUT2D eigenvalue weighted by atomic mass is 16.5. The minimum Gasteiger partial charge on any atom is -0.426 e. The summed E-state index contributed by atoms with van der Waals surface area (Å²) in [5.74, 6) is 0.0566. The van der Waals surface area contributed by atoms with Gasteiger partial charge >= 0.3 is 5.97 Å². The molecule has 3 aromatic carbocycles. The first kappa shape index (κ1) is 19.2. The van der Waals surface area contributed by atoms with Crippen LogP contribution in [0.1, 0.15) is 38.2 Å². The summed E-state index contributed by atoms with van der Waals surface area (Å²) in [5.41, 5.74) is 1.88. The van der Waals surface area contributed by atoms with Gasteiger partial charge in [-0.25, -0.2) is 0 Å². The topological polar surface area (TPSA) is 46.6 Å². The van der Waals surface area contributed by atoms with E-state index in [2.05, 4.69) is 13.8 Å². The van der Waals surface area contributed by atoms with Crippen LogP contribution in [-0.2, 0) is 9.59 Å². The predicted octanol–water partition coefficient (Wildman–Crippen LogP) is 5.31. The lowest BCUT2D eigenvalue weighted by molar-refractivity contribution is -0.139. The molecule has 1 aliphatic rings. The maximum absolute atomic E-state index is 12.9. The Morgan fingerprint density at radius 3 is 2.62 bits per heavy atom. The summed E-state index contributed by atoms with van der Waals surface area (Å²) in [6.45, 7) is 4.58. The molecule has 1 amide bonds. The smallest absolute Gasteiger partial charge is 0.316 e. The summed E-state index contributed by atoms with van der Waals surface area (Å²) in [7, 11) is 0. The van der Waals surface area contributed by atoms with Crippen LogP contribution in [0, 0.1) is 5.92 Å². The quantitative estimate of drug-likeness (QED) is 0.440. The number of benzene rings is 3. The molecule has 1 fully saturated rings. The molecule has 2 atom stereocenters. The van der Waals surface area contributed by atoms with Crippen molar-refractivity contribution in [2.24, 2.45) is 5.92 Å². The molecule has 1 heterocycles. The maximum Gasteiger partial charge on any atom is 0.316 e. The molecule has 4 heteroatoms. The summed E-state index contributed by atoms with van der Waals surface area (Å²) < 4.78 is 5.75. The predicted molar refractivity (Wildman–Crippen MR) is 115 cm³/mol. The van der Waals surface area contributed by atoms with Crippen LogP contribution < -0.4 is 9.64 Å². The average molecular weight is 387 g/mol. The number of fused-ring (bicyclic) bond motifs is 1. The fourth-order valence-electron chi connectivity index (χ4n) is 3.93. The fraction of sp³-hybridized carbons (Fsp3) is 0.280. The number of hydrogen-bond acceptors (Lipinski definition) is 3. The van der Waals surface area contributed by atoms with Gasteiger partial charge < -0.3 is 9.64 Å². The van der Waals surface area contributed by atoms with Gasteiger partial charge in [-0.2, -0.15) is 0 Å². The molecule has 3 aromatic rings. The molecule has 0 aromatic heterocycles. The van der Waals surface area contributed by atoms with Gasteiger partial charge in [0.2, 0.25) is 5.91 Å². The van der Waals surface area contributed by atoms with Crippen LogP contribution in [0.25, 0.3) is 10.8 Å². The van der Waals surface area contributed by atoms with Crippen molar-refractivity contribution in [1.29, 1.82) is 0 Å². The summed E-state index contributed by atoms with van der Waals surface area (Å²) in [5, 5.41) is 2.09. The van der Waals surface area contributed by atoms with Crippen LogP contribution in [0.5, 0.6) is 5.75 Å². The van der Waals surface area contributed by atoms with Crippen molar-refractivity contribution in [3.8, 4) is 5.75 Å². The summed E-state index contributed by atoms with van der Waals surface area (Å²) in [6.07, 6.45) is 1.14. The molecule has 148 valence electrons. The van der Waals surface area contributed by atoms with E-state index >= 15 is 0 Å². The van der Waals surface area contributed by atoms with E-state index in [1.54, 1.807) is 4.90 Å². The molecule has 4 nitrogen and oxygen atoms in total. The van der Waals surface area contributed by atoms with Crippen molar-refractivity contribution in [3.63, 3.8) is 0 Å². The van der Waals surface area contributed by atoms with Gasteiger partial charge in [0.15, 0.2) is 0 Å². The van der Waals surface area contributed by atoms with Gasteiger partial charge in [-0.1, -0.05) is 68.4 Å². The number of nitrogens with zero attached hydrogens (tertiary/aromatic N) is 1. The van der Waals surface area contributed by atoms with Crippen molar-refractivity contribution in [1.82, 2.24) is 0 Å². The molecule has 0 radical (unpaired) electrons. The van der Waals surface area contributed by atoms with Gasteiger partial charge in [0.1, 0.15) is 5.75 Å². The molecule has 4 rings (SSSR count). The van der Waals surface area contributed by atoms with Gasteiger partial charge in [-0.15, -0.1) is 0 Å². The number of carbonyl (C=O) groups is 2. The van der Waals surface area contributed by atoms with E-state index in [1.807, 2.05) is 66.7 Å². The Bertz CT molecular complexity index is 1050. The molecule has 0 bridgehead atoms. The second-order valence-corrected chi connectivity index (χ2v) is 7.67. The van der Waals surface area contributed by atoms with Crippen LogP contribution in [0.2, 0.25) is 0 Å². The lowest BCUT2D eigenvalue weighted by Gasteiger charge is -2.19. The third-order valence-corrected chi connectivity index (χ3v) is 5.79. The third-order valence-electron chi connectivity index (χ3n) is 5.79. The normalized spacial score (nSPS) is 17.5. The lowest BCUT2D eigenvalue weighted by atomic mass is 9.98. The van der Waals surface area contributed by atoms with Crippen molar-refractivity contribution in [3.05, 3.63) is 72.3 Å². The zero-order valence-corrected chi connectivity index (χ0v) is 16.8. The molecule has 0 aliphatic carbocycles. The zero-order chi connectivity index (χ0) is 20.4. The average Bonchev–Trinajstić information content (AvgIpc) is 3.14. The molecule has 0 unspecified atom stereocenters. The Labute approximate surface area is 171 Å².